The van der Waals surface area contributed by atoms with Crippen molar-refractivity contribution in [1.29, 1.82) is 0 Å². The Hall–Kier alpha value is -0.350. The number of carbonyl (C=O) groups is 1. The van der Waals surface area contributed by atoms with Crippen molar-refractivity contribution in [3.05, 3.63) is 12.7 Å². The van der Waals surface area contributed by atoms with Gasteiger partial charge in [-0.05, 0) is 6.08 Å². The number of hydrogen-bond acceptors (Lipinski definition) is 3. The molecule has 0 aromatic carbocycles. The van der Waals surface area contributed by atoms with Crippen LogP contribution in [0.25, 0.3) is 0 Å². The molecule has 0 aliphatic carbocycles. The summed E-state index contributed by atoms with van der Waals surface area (Å²) in [6.45, 7) is 2.91. The van der Waals surface area contributed by atoms with Gasteiger partial charge in [-0.2, -0.15) is 0 Å². The summed E-state index contributed by atoms with van der Waals surface area (Å²) in [6.07, 6.45) is 0.641. The largest absolute Gasteiger partial charge is 0.299 e. The number of carbonyl (C=O) groups excluding carboxylic acids is 1. The Morgan fingerprint density at radius 1 is 1.62 bits per heavy atom. The molecule has 0 radical (unpaired) electrons. The Kier molecular flexibility index (Phi) is 2.18. The van der Waals surface area contributed by atoms with E-state index >= 15 is 0 Å². The molecule has 0 fully saturated rings. The van der Waals surface area contributed by atoms with E-state index in [2.05, 4.69) is 17.3 Å². The van der Waals surface area contributed by atoms with Gasteiger partial charge in [-0.3, -0.25) is 4.79 Å². The SMILES string of the molecule is C=CC(=O)S(=O)(=O)Cl. The van der Waals surface area contributed by atoms with Gasteiger partial charge in [-0.25, -0.2) is 8.42 Å². The van der Waals surface area contributed by atoms with E-state index < -0.39 is 14.2 Å². The molecule has 0 saturated heterocycles. The van der Waals surface area contributed by atoms with E-state index in [1.165, 1.54) is 0 Å². The van der Waals surface area contributed by atoms with Crippen molar-refractivity contribution in [2.75, 3.05) is 0 Å². The Morgan fingerprint density at radius 2 is 2.00 bits per heavy atom. The van der Waals surface area contributed by atoms with Crippen molar-refractivity contribution in [1.82, 2.24) is 0 Å². The van der Waals surface area contributed by atoms with Crippen molar-refractivity contribution >= 4 is 24.8 Å². The molecule has 0 heterocycles. The smallest absolute Gasteiger partial charge is 0.275 e. The minimum atomic E-state index is -4.04. The average molecular weight is 155 g/mol. The van der Waals surface area contributed by atoms with Crippen molar-refractivity contribution in [3.8, 4) is 0 Å². The molecule has 5 heteroatoms. The van der Waals surface area contributed by atoms with E-state index in [4.69, 9.17) is 0 Å². The van der Waals surface area contributed by atoms with E-state index in [0.717, 1.165) is 0 Å². The molecule has 0 aliphatic rings. The van der Waals surface area contributed by atoms with Gasteiger partial charge < -0.3 is 0 Å². The lowest BCUT2D eigenvalue weighted by Crippen LogP contribution is -2.01. The van der Waals surface area contributed by atoms with Gasteiger partial charge in [0.05, 0.1) is 0 Å². The zero-order valence-corrected chi connectivity index (χ0v) is 5.37. The highest BCUT2D eigenvalue weighted by Gasteiger charge is 2.12. The van der Waals surface area contributed by atoms with Crippen LogP contribution in [-0.4, -0.2) is 13.5 Å². The summed E-state index contributed by atoms with van der Waals surface area (Å²) in [5.74, 6) is 0. The van der Waals surface area contributed by atoms with Crippen LogP contribution in [-0.2, 0) is 13.8 Å². The first-order chi connectivity index (χ1) is 3.48. The molecular weight excluding hydrogens is 152 g/mol. The van der Waals surface area contributed by atoms with E-state index in [9.17, 15) is 13.2 Å². The van der Waals surface area contributed by atoms with E-state index in [-0.39, 0.29) is 0 Å². The van der Waals surface area contributed by atoms with E-state index in [1.54, 1.807) is 0 Å². The predicted octanol–water partition coefficient (Wildman–Crippen LogP) is 0.268. The Balaban J connectivity index is 4.53. The molecular formula is C3H3ClO3S. The quantitative estimate of drug-likeness (QED) is 0.402. The van der Waals surface area contributed by atoms with Crippen molar-refractivity contribution in [2.24, 2.45) is 0 Å². The molecule has 0 aromatic heterocycles. The number of halogens is 1. The summed E-state index contributed by atoms with van der Waals surface area (Å²) in [5, 5.41) is -1.17. The second-order valence-electron chi connectivity index (χ2n) is 0.961. The van der Waals surface area contributed by atoms with Crippen LogP contribution < -0.4 is 0 Å². The Morgan fingerprint density at radius 3 is 2.00 bits per heavy atom. The Bertz CT molecular complexity index is 203. The van der Waals surface area contributed by atoms with Crippen LogP contribution in [0.15, 0.2) is 12.7 Å². The zero-order chi connectivity index (χ0) is 6.78. The number of hydrogen-bond donors (Lipinski definition) is 0. The van der Waals surface area contributed by atoms with Gasteiger partial charge >= 0.3 is 0 Å². The highest BCUT2D eigenvalue weighted by Crippen LogP contribution is 1.96. The van der Waals surface area contributed by atoms with E-state index in [1.807, 2.05) is 0 Å². The molecule has 0 spiro atoms. The summed E-state index contributed by atoms with van der Waals surface area (Å²) in [6, 6.07) is 0. The van der Waals surface area contributed by atoms with Crippen LogP contribution >= 0.6 is 10.7 Å². The monoisotopic (exact) mass is 154 g/mol. The standard InChI is InChI=1S/C3H3ClO3S/c1-2-3(5)8(4,6)7/h2H,1H2. The fraction of sp³-hybridized carbons (Fsp3) is 0. The first-order valence-electron chi connectivity index (χ1n) is 1.59. The first kappa shape index (κ1) is 7.65. The first-order valence-corrected chi connectivity index (χ1v) is 3.90. The van der Waals surface area contributed by atoms with Crippen LogP contribution in [0.2, 0.25) is 0 Å². The van der Waals surface area contributed by atoms with Crippen LogP contribution in [0, 0.1) is 0 Å². The molecule has 46 valence electrons. The molecule has 0 aromatic rings. The van der Waals surface area contributed by atoms with Crippen molar-refractivity contribution < 1.29 is 13.2 Å². The summed E-state index contributed by atoms with van der Waals surface area (Å²) >= 11 is 0. The van der Waals surface area contributed by atoms with Crippen molar-refractivity contribution in [2.45, 2.75) is 0 Å². The molecule has 0 atom stereocenters. The predicted molar refractivity (Wildman–Crippen MR) is 30.0 cm³/mol. The van der Waals surface area contributed by atoms with Crippen LogP contribution in [0.3, 0.4) is 0 Å². The Labute approximate surface area is 51.4 Å². The second-order valence-corrected chi connectivity index (χ2v) is 3.46. The summed E-state index contributed by atoms with van der Waals surface area (Å²) < 4.78 is 19.8. The summed E-state index contributed by atoms with van der Waals surface area (Å²) in [4.78, 5) is 10.00. The van der Waals surface area contributed by atoms with Gasteiger partial charge in [0.2, 0.25) is 0 Å². The molecule has 3 nitrogen and oxygen atoms in total. The third-order valence-electron chi connectivity index (χ3n) is 0.407. The molecule has 8 heavy (non-hydrogen) atoms. The summed E-state index contributed by atoms with van der Waals surface area (Å²) in [5.41, 5.74) is 0. The van der Waals surface area contributed by atoms with Crippen LogP contribution in [0.1, 0.15) is 0 Å². The minimum Gasteiger partial charge on any atom is -0.275 e. The fourth-order valence-electron chi connectivity index (χ4n) is 0.0995. The lowest BCUT2D eigenvalue weighted by atomic mass is 10.7. The molecule has 0 rings (SSSR count). The van der Waals surface area contributed by atoms with Gasteiger partial charge in [-0.1, -0.05) is 6.58 Å². The van der Waals surface area contributed by atoms with Gasteiger partial charge in [0.25, 0.3) is 14.2 Å². The van der Waals surface area contributed by atoms with Gasteiger partial charge in [0, 0.05) is 10.7 Å². The van der Waals surface area contributed by atoms with Gasteiger partial charge in [0.15, 0.2) is 0 Å². The molecule has 0 bridgehead atoms. The lowest BCUT2D eigenvalue weighted by molar-refractivity contribution is -0.107. The normalized spacial score (nSPS) is 10.6. The molecule has 0 aliphatic heterocycles. The lowest BCUT2D eigenvalue weighted by Gasteiger charge is -1.80. The zero-order valence-electron chi connectivity index (χ0n) is 3.80. The van der Waals surface area contributed by atoms with Gasteiger partial charge in [-0.15, -0.1) is 0 Å². The molecule has 0 unspecified atom stereocenters. The second kappa shape index (κ2) is 2.28. The third-order valence-corrected chi connectivity index (χ3v) is 1.51. The maximum atomic E-state index is 10.00. The van der Waals surface area contributed by atoms with Crippen molar-refractivity contribution in [3.63, 3.8) is 0 Å². The molecule has 0 saturated carbocycles. The number of rotatable bonds is 1. The maximum absolute atomic E-state index is 10.00. The van der Waals surface area contributed by atoms with Crippen LogP contribution in [0.5, 0.6) is 0 Å². The third kappa shape index (κ3) is 2.09. The maximum Gasteiger partial charge on any atom is 0.299 e. The van der Waals surface area contributed by atoms with E-state index in [0.29, 0.717) is 6.08 Å². The average Bonchev–Trinajstić information content (AvgIpc) is 1.62. The fourth-order valence-corrected chi connectivity index (χ4v) is 0.488. The topological polar surface area (TPSA) is 51.2 Å². The molecule has 0 amide bonds. The highest BCUT2D eigenvalue weighted by molar-refractivity contribution is 8.25. The molecule has 0 N–H and O–H groups in total. The summed E-state index contributed by atoms with van der Waals surface area (Å²) in [7, 11) is 0.498. The van der Waals surface area contributed by atoms with Gasteiger partial charge in [0.1, 0.15) is 0 Å². The van der Waals surface area contributed by atoms with Crippen LogP contribution in [0.4, 0.5) is 0 Å². The highest BCUT2D eigenvalue weighted by atomic mass is 35.7. The minimum absolute atomic E-state index is 0.641.